The number of hydrogen-bond acceptors (Lipinski definition) is 7. The van der Waals surface area contributed by atoms with E-state index >= 15 is 0 Å². The Morgan fingerprint density at radius 3 is 2.32 bits per heavy atom. The fourth-order valence-corrected chi connectivity index (χ4v) is 6.19. The van der Waals surface area contributed by atoms with Crippen LogP contribution in [0.25, 0.3) is 0 Å². The lowest BCUT2D eigenvalue weighted by atomic mass is 10.1. The highest BCUT2D eigenvalue weighted by Gasteiger charge is 2.67. The smallest absolute Gasteiger partial charge is 0.322 e. The number of carbonyl (C=O) groups is 2. The number of nitrogens with one attached hydrogen (secondary N) is 3. The molecule has 2 atom stereocenters. The summed E-state index contributed by atoms with van der Waals surface area (Å²) in [6, 6.07) is 14.5. The maximum absolute atomic E-state index is 13.2. The van der Waals surface area contributed by atoms with Gasteiger partial charge in [-0.3, -0.25) is 9.52 Å². The van der Waals surface area contributed by atoms with Crippen molar-refractivity contribution in [2.24, 2.45) is 5.92 Å². The quantitative estimate of drug-likeness (QED) is 0.315. The summed E-state index contributed by atoms with van der Waals surface area (Å²) in [6.07, 6.45) is 1.96. The van der Waals surface area contributed by atoms with Gasteiger partial charge in [-0.05, 0) is 66.3 Å². The van der Waals surface area contributed by atoms with Crippen LogP contribution in [0.4, 0.5) is 29.5 Å². The third-order valence-electron chi connectivity index (χ3n) is 6.79. The predicted molar refractivity (Wildman–Crippen MR) is 140 cm³/mol. The molecule has 1 saturated carbocycles. The van der Waals surface area contributed by atoms with Crippen LogP contribution in [0.1, 0.15) is 17.5 Å². The average Bonchev–Trinajstić information content (AvgIpc) is 3.53. The molecule has 3 amide bonds. The molecule has 2 heterocycles. The van der Waals surface area contributed by atoms with Crippen molar-refractivity contribution < 1.29 is 39.6 Å². The lowest BCUT2D eigenvalue weighted by Crippen LogP contribution is -2.35. The number of nitrogens with zero attached hydrogens (tertiary/aromatic N) is 2. The van der Waals surface area contributed by atoms with Crippen LogP contribution < -0.4 is 19.7 Å². The Kier molecular flexibility index (Phi) is 7.03. The maximum Gasteiger partial charge on any atom is 0.501 e. The highest BCUT2D eigenvalue weighted by molar-refractivity contribution is 7.92. The van der Waals surface area contributed by atoms with Crippen LogP contribution in [0.15, 0.2) is 77.8 Å². The van der Waals surface area contributed by atoms with Gasteiger partial charge < -0.3 is 5.32 Å². The number of sulfone groups is 1. The zero-order valence-electron chi connectivity index (χ0n) is 20.9. The lowest BCUT2D eigenvalue weighted by Gasteiger charge is -2.14. The summed E-state index contributed by atoms with van der Waals surface area (Å²) in [7, 11) is -9.52. The Morgan fingerprint density at radius 2 is 1.66 bits per heavy atom. The summed E-state index contributed by atoms with van der Waals surface area (Å²) in [5, 5.41) is 2.63. The maximum atomic E-state index is 13.2. The number of benzene rings is 2. The number of alkyl halides is 3. The van der Waals surface area contributed by atoms with Gasteiger partial charge in [0.05, 0.1) is 10.6 Å². The number of amides is 3. The Balaban J connectivity index is 1.24. The van der Waals surface area contributed by atoms with Gasteiger partial charge in [-0.25, -0.2) is 23.1 Å². The van der Waals surface area contributed by atoms with Gasteiger partial charge >= 0.3 is 21.7 Å². The molecule has 2 fully saturated rings. The number of urea groups is 1. The molecule has 1 aromatic heterocycles. The number of aromatic nitrogens is 1. The standard InChI is InChI=1S/C25H22F3N5O6S2/c26-25(27,28)40(36,37)20-8-6-19(7-9-20)33-22(34)24(31-23(33)35)14-18(24)12-17-10-11-29-21(13-17)32-41(38,39)30-15-16-4-2-1-3-5-16/h1-11,13,18,30H,12,14-15H2,(H,29,32)(H,31,35). The molecule has 2 aliphatic rings. The topological polar surface area (TPSA) is 155 Å². The van der Waals surface area contributed by atoms with Crippen molar-refractivity contribution in [1.82, 2.24) is 15.0 Å². The van der Waals surface area contributed by atoms with E-state index in [1.165, 1.54) is 12.3 Å². The summed E-state index contributed by atoms with van der Waals surface area (Å²) in [5.74, 6) is -0.925. The van der Waals surface area contributed by atoms with Gasteiger partial charge in [0.2, 0.25) is 0 Å². The van der Waals surface area contributed by atoms with Crippen molar-refractivity contribution in [2.75, 3.05) is 9.62 Å². The third-order valence-corrected chi connectivity index (χ3v) is 9.29. The number of halogens is 3. The van der Waals surface area contributed by atoms with Crippen molar-refractivity contribution in [1.29, 1.82) is 0 Å². The molecule has 41 heavy (non-hydrogen) atoms. The Hall–Kier alpha value is -4.02. The number of rotatable bonds is 9. The zero-order valence-corrected chi connectivity index (χ0v) is 22.6. The molecule has 1 aliphatic heterocycles. The molecule has 1 spiro atoms. The van der Waals surface area contributed by atoms with E-state index in [-0.39, 0.29) is 36.8 Å². The van der Waals surface area contributed by atoms with Crippen LogP contribution in [0.5, 0.6) is 0 Å². The van der Waals surface area contributed by atoms with Gasteiger partial charge in [0.25, 0.3) is 15.7 Å². The average molecular weight is 610 g/mol. The molecule has 2 aromatic carbocycles. The SMILES string of the molecule is O=C1NC2(CC2Cc2ccnc(NS(=O)(=O)NCc3ccccc3)c2)C(=O)N1c1ccc(S(=O)(=O)C(F)(F)F)cc1. The summed E-state index contributed by atoms with van der Waals surface area (Å²) < 4.78 is 91.3. The first-order valence-electron chi connectivity index (χ1n) is 12.1. The molecule has 216 valence electrons. The second kappa shape index (κ2) is 10.1. The van der Waals surface area contributed by atoms with Crippen LogP contribution >= 0.6 is 0 Å². The van der Waals surface area contributed by atoms with Gasteiger partial charge in [0.15, 0.2) is 0 Å². The molecular weight excluding hydrogens is 587 g/mol. The summed E-state index contributed by atoms with van der Waals surface area (Å²) >= 11 is 0. The van der Waals surface area contributed by atoms with Gasteiger partial charge in [-0.2, -0.15) is 26.3 Å². The van der Waals surface area contributed by atoms with Crippen molar-refractivity contribution in [3.05, 3.63) is 84.1 Å². The molecule has 3 aromatic rings. The van der Waals surface area contributed by atoms with Crippen molar-refractivity contribution in [3.8, 4) is 0 Å². The highest BCUT2D eigenvalue weighted by atomic mass is 32.2. The van der Waals surface area contributed by atoms with E-state index < -0.39 is 47.9 Å². The van der Waals surface area contributed by atoms with E-state index in [1.807, 2.05) is 6.07 Å². The molecule has 16 heteroatoms. The first-order chi connectivity index (χ1) is 19.2. The second-order valence-electron chi connectivity index (χ2n) is 9.55. The minimum absolute atomic E-state index is 0.0510. The Labute approximate surface area is 232 Å². The van der Waals surface area contributed by atoms with Crippen molar-refractivity contribution in [2.45, 2.75) is 35.3 Å². The first kappa shape index (κ1) is 28.5. The van der Waals surface area contributed by atoms with E-state index in [0.717, 1.165) is 22.6 Å². The molecule has 3 N–H and O–H groups in total. The minimum Gasteiger partial charge on any atom is -0.322 e. The normalized spacial score (nSPS) is 20.8. The van der Waals surface area contributed by atoms with E-state index in [2.05, 4.69) is 19.7 Å². The summed E-state index contributed by atoms with van der Waals surface area (Å²) in [5.41, 5.74) is -5.41. The molecule has 1 saturated heterocycles. The van der Waals surface area contributed by atoms with Crippen LogP contribution in [0, 0.1) is 5.92 Å². The number of anilines is 2. The predicted octanol–water partition coefficient (Wildman–Crippen LogP) is 2.88. The van der Waals surface area contributed by atoms with Gasteiger partial charge in [-0.1, -0.05) is 30.3 Å². The van der Waals surface area contributed by atoms with Crippen LogP contribution in [0.3, 0.4) is 0 Å². The van der Waals surface area contributed by atoms with E-state index in [0.29, 0.717) is 17.7 Å². The molecule has 5 rings (SSSR count). The molecule has 1 aliphatic carbocycles. The van der Waals surface area contributed by atoms with Crippen LogP contribution in [-0.2, 0) is 37.8 Å². The Morgan fingerprint density at radius 1 is 0.976 bits per heavy atom. The summed E-state index contributed by atoms with van der Waals surface area (Å²) in [4.78, 5) is 29.6. The number of imide groups is 1. The molecule has 11 nitrogen and oxygen atoms in total. The van der Waals surface area contributed by atoms with Crippen molar-refractivity contribution in [3.63, 3.8) is 0 Å². The zero-order chi connectivity index (χ0) is 29.6. The highest BCUT2D eigenvalue weighted by Crippen LogP contribution is 2.50. The Bertz CT molecular complexity index is 1720. The lowest BCUT2D eigenvalue weighted by molar-refractivity contribution is -0.119. The van der Waals surface area contributed by atoms with Gasteiger partial charge in [0.1, 0.15) is 11.4 Å². The fraction of sp³-hybridized carbons (Fsp3) is 0.240. The monoisotopic (exact) mass is 609 g/mol. The summed E-state index contributed by atoms with van der Waals surface area (Å²) in [6.45, 7) is 0.0691. The van der Waals surface area contributed by atoms with E-state index in [1.54, 1.807) is 30.3 Å². The van der Waals surface area contributed by atoms with Gasteiger partial charge in [-0.15, -0.1) is 0 Å². The molecule has 2 unspecified atom stereocenters. The van der Waals surface area contributed by atoms with Crippen LogP contribution in [-0.4, -0.2) is 44.8 Å². The van der Waals surface area contributed by atoms with E-state index in [4.69, 9.17) is 0 Å². The molecule has 0 radical (unpaired) electrons. The van der Waals surface area contributed by atoms with Gasteiger partial charge in [0, 0.05) is 12.7 Å². The number of carbonyl (C=O) groups excluding carboxylic acids is 2. The molecule has 0 bridgehead atoms. The fourth-order valence-electron chi connectivity index (χ4n) is 4.62. The van der Waals surface area contributed by atoms with E-state index in [9.17, 15) is 39.6 Å². The second-order valence-corrected chi connectivity index (χ2v) is 13.0. The largest absolute Gasteiger partial charge is 0.501 e. The first-order valence-corrected chi connectivity index (χ1v) is 15.0. The number of pyridine rings is 1. The minimum atomic E-state index is -5.58. The van der Waals surface area contributed by atoms with Crippen LogP contribution in [0.2, 0.25) is 0 Å². The third kappa shape index (κ3) is 5.62. The molecular formula is C25H22F3N5O6S2. The number of hydrogen-bond donors (Lipinski definition) is 3. The van der Waals surface area contributed by atoms with Crippen molar-refractivity contribution >= 4 is 43.5 Å².